The maximum Gasteiger partial charge on any atom is 0.327 e. The molecule has 0 atom stereocenters. The predicted octanol–water partition coefficient (Wildman–Crippen LogP) is 0.816. The van der Waals surface area contributed by atoms with Crippen molar-refractivity contribution in [3.8, 4) is 0 Å². The van der Waals surface area contributed by atoms with Crippen LogP contribution in [0.5, 0.6) is 0 Å². The summed E-state index contributed by atoms with van der Waals surface area (Å²) in [6, 6.07) is 0.962. The van der Waals surface area contributed by atoms with Crippen LogP contribution in [0.3, 0.4) is 0 Å². The van der Waals surface area contributed by atoms with Gasteiger partial charge in [0.05, 0.1) is 21.7 Å². The number of aromatic amines is 1. The molecule has 126 valence electrons. The molecule has 0 bridgehead atoms. The molecule has 2 heterocycles. The standard InChI is InChI=1S/C12H13N7O5/c20-12-14-2-4-17(12)3-1-13-10-8(18(21)22)5-7-9(16-6-15-7)11(10)19(23)24/h5-6,13H,1-4H2,(H,14,20)(H,15,16). The molecule has 12 nitrogen and oxygen atoms in total. The molecular weight excluding hydrogens is 322 g/mol. The van der Waals surface area contributed by atoms with E-state index in [1.165, 1.54) is 17.3 Å². The van der Waals surface area contributed by atoms with Crippen molar-refractivity contribution < 1.29 is 14.6 Å². The lowest BCUT2D eigenvalue weighted by atomic mass is 10.2. The van der Waals surface area contributed by atoms with Crippen molar-refractivity contribution in [2.45, 2.75) is 0 Å². The Morgan fingerprint density at radius 2 is 2.12 bits per heavy atom. The number of amides is 2. The number of anilines is 1. The lowest BCUT2D eigenvalue weighted by molar-refractivity contribution is -0.391. The Labute approximate surface area is 134 Å². The third kappa shape index (κ3) is 2.64. The lowest BCUT2D eigenvalue weighted by Crippen LogP contribution is -2.32. The smallest absolute Gasteiger partial charge is 0.327 e. The number of urea groups is 1. The van der Waals surface area contributed by atoms with Gasteiger partial charge in [-0.25, -0.2) is 9.78 Å². The first-order valence-electron chi connectivity index (χ1n) is 7.04. The van der Waals surface area contributed by atoms with Crippen molar-refractivity contribution in [3.05, 3.63) is 32.6 Å². The minimum Gasteiger partial charge on any atom is -0.372 e. The van der Waals surface area contributed by atoms with Gasteiger partial charge in [-0.05, 0) is 0 Å². The number of rotatable bonds is 6. The van der Waals surface area contributed by atoms with Crippen LogP contribution in [0.1, 0.15) is 0 Å². The third-order valence-corrected chi connectivity index (χ3v) is 3.68. The van der Waals surface area contributed by atoms with Crippen LogP contribution in [0.2, 0.25) is 0 Å². The van der Waals surface area contributed by atoms with E-state index in [2.05, 4.69) is 20.6 Å². The van der Waals surface area contributed by atoms with Crippen LogP contribution >= 0.6 is 0 Å². The normalized spacial score (nSPS) is 14.0. The molecule has 1 aliphatic heterocycles. The Balaban J connectivity index is 1.93. The van der Waals surface area contributed by atoms with Crippen LogP contribution in [-0.2, 0) is 0 Å². The lowest BCUT2D eigenvalue weighted by Gasteiger charge is -2.15. The average molecular weight is 335 g/mol. The number of carbonyl (C=O) groups excluding carboxylic acids is 1. The molecule has 0 radical (unpaired) electrons. The molecule has 3 rings (SSSR count). The molecular formula is C12H13N7O5. The maximum atomic E-state index is 11.5. The summed E-state index contributed by atoms with van der Waals surface area (Å²) in [6.45, 7) is 1.44. The number of hydrogen-bond donors (Lipinski definition) is 3. The summed E-state index contributed by atoms with van der Waals surface area (Å²) in [5, 5.41) is 28.0. The minimum atomic E-state index is -0.707. The van der Waals surface area contributed by atoms with Gasteiger partial charge in [0, 0.05) is 32.2 Å². The van der Waals surface area contributed by atoms with Gasteiger partial charge in [0.1, 0.15) is 0 Å². The summed E-state index contributed by atoms with van der Waals surface area (Å²) in [5.41, 5.74) is -0.871. The number of nitrogens with zero attached hydrogens (tertiary/aromatic N) is 4. The van der Waals surface area contributed by atoms with Crippen molar-refractivity contribution in [3.63, 3.8) is 0 Å². The van der Waals surface area contributed by atoms with Gasteiger partial charge in [0.25, 0.3) is 0 Å². The van der Waals surface area contributed by atoms with E-state index in [1.807, 2.05) is 0 Å². The van der Waals surface area contributed by atoms with Crippen molar-refractivity contribution >= 4 is 34.1 Å². The van der Waals surface area contributed by atoms with Gasteiger partial charge in [0.15, 0.2) is 11.2 Å². The number of carbonyl (C=O) groups is 1. The summed E-state index contributed by atoms with van der Waals surface area (Å²) in [6.07, 6.45) is 1.24. The van der Waals surface area contributed by atoms with Gasteiger partial charge in [-0.2, -0.15) is 0 Å². The molecule has 2 aromatic rings. The molecule has 24 heavy (non-hydrogen) atoms. The average Bonchev–Trinajstić information content (AvgIpc) is 3.14. The monoisotopic (exact) mass is 335 g/mol. The van der Waals surface area contributed by atoms with Gasteiger partial charge in [-0.3, -0.25) is 20.2 Å². The highest BCUT2D eigenvalue weighted by atomic mass is 16.6. The molecule has 3 N–H and O–H groups in total. The van der Waals surface area contributed by atoms with Crippen LogP contribution in [0.4, 0.5) is 21.9 Å². The molecule has 1 aromatic carbocycles. The van der Waals surface area contributed by atoms with Crippen molar-refractivity contribution in [1.82, 2.24) is 20.2 Å². The summed E-state index contributed by atoms with van der Waals surface area (Å²) in [4.78, 5) is 40.7. The number of fused-ring (bicyclic) bond motifs is 1. The Kier molecular flexibility index (Phi) is 3.85. The van der Waals surface area contributed by atoms with Crippen LogP contribution in [0.25, 0.3) is 11.0 Å². The van der Waals surface area contributed by atoms with Gasteiger partial charge >= 0.3 is 17.4 Å². The van der Waals surface area contributed by atoms with E-state index in [-0.39, 0.29) is 35.8 Å². The Morgan fingerprint density at radius 3 is 2.75 bits per heavy atom. The Hall–Kier alpha value is -3.44. The zero-order valence-electron chi connectivity index (χ0n) is 12.3. The van der Waals surface area contributed by atoms with E-state index in [1.54, 1.807) is 0 Å². The van der Waals surface area contributed by atoms with E-state index in [0.29, 0.717) is 13.1 Å². The SMILES string of the molecule is O=C1NCCN1CCNc1c([N+](=O)[O-])cc2[nH]cnc2c1[N+](=O)[O-]. The number of nitro benzene ring substituents is 2. The second-order valence-electron chi connectivity index (χ2n) is 5.08. The van der Waals surface area contributed by atoms with Crippen LogP contribution < -0.4 is 10.6 Å². The fourth-order valence-electron chi connectivity index (χ4n) is 2.59. The molecule has 0 aliphatic carbocycles. The Morgan fingerprint density at radius 1 is 1.33 bits per heavy atom. The molecule has 1 saturated heterocycles. The van der Waals surface area contributed by atoms with Gasteiger partial charge in [-0.15, -0.1) is 0 Å². The molecule has 12 heteroatoms. The zero-order valence-corrected chi connectivity index (χ0v) is 12.3. The topological polar surface area (TPSA) is 159 Å². The fraction of sp³-hybridized carbons (Fsp3) is 0.333. The number of nitrogens with one attached hydrogen (secondary N) is 3. The number of imidazole rings is 1. The largest absolute Gasteiger partial charge is 0.372 e. The summed E-state index contributed by atoms with van der Waals surface area (Å²) < 4.78 is 0. The van der Waals surface area contributed by atoms with Crippen molar-refractivity contribution in [2.24, 2.45) is 0 Å². The number of aromatic nitrogens is 2. The second-order valence-corrected chi connectivity index (χ2v) is 5.08. The minimum absolute atomic E-state index is 0.0343. The summed E-state index contributed by atoms with van der Waals surface area (Å²) in [5.74, 6) is 0. The van der Waals surface area contributed by atoms with E-state index >= 15 is 0 Å². The maximum absolute atomic E-state index is 11.5. The van der Waals surface area contributed by atoms with Crippen LogP contribution in [0, 0.1) is 20.2 Å². The summed E-state index contributed by atoms with van der Waals surface area (Å²) >= 11 is 0. The molecule has 0 saturated carbocycles. The van der Waals surface area contributed by atoms with Gasteiger partial charge in [0.2, 0.25) is 0 Å². The van der Waals surface area contributed by atoms with Crippen LogP contribution in [0.15, 0.2) is 12.4 Å². The zero-order chi connectivity index (χ0) is 17.3. The Bertz CT molecular complexity index is 833. The highest BCUT2D eigenvalue weighted by Gasteiger charge is 2.30. The third-order valence-electron chi connectivity index (χ3n) is 3.68. The molecule has 1 fully saturated rings. The molecule has 1 aliphatic rings. The number of H-pyrrole nitrogens is 1. The van der Waals surface area contributed by atoms with Gasteiger partial charge < -0.3 is 20.5 Å². The second kappa shape index (κ2) is 5.98. The molecule has 2 amide bonds. The number of benzene rings is 1. The van der Waals surface area contributed by atoms with E-state index in [9.17, 15) is 25.0 Å². The van der Waals surface area contributed by atoms with Gasteiger partial charge in [-0.1, -0.05) is 0 Å². The van der Waals surface area contributed by atoms with Crippen molar-refractivity contribution in [2.75, 3.05) is 31.5 Å². The first-order valence-corrected chi connectivity index (χ1v) is 7.04. The first kappa shape index (κ1) is 15.5. The predicted molar refractivity (Wildman–Crippen MR) is 82.9 cm³/mol. The molecule has 1 aromatic heterocycles. The number of hydrogen-bond acceptors (Lipinski definition) is 7. The van der Waals surface area contributed by atoms with E-state index < -0.39 is 21.2 Å². The van der Waals surface area contributed by atoms with Crippen molar-refractivity contribution in [1.29, 1.82) is 0 Å². The van der Waals surface area contributed by atoms with E-state index in [0.717, 1.165) is 0 Å². The fourth-order valence-corrected chi connectivity index (χ4v) is 2.59. The van der Waals surface area contributed by atoms with E-state index in [4.69, 9.17) is 0 Å². The highest BCUT2D eigenvalue weighted by molar-refractivity contribution is 5.96. The molecule has 0 spiro atoms. The van der Waals surface area contributed by atoms with Crippen LogP contribution in [-0.4, -0.2) is 56.9 Å². The summed E-state index contributed by atoms with van der Waals surface area (Å²) in [7, 11) is 0. The molecule has 0 unspecified atom stereocenters. The quantitative estimate of drug-likeness (QED) is 0.520. The highest BCUT2D eigenvalue weighted by Crippen LogP contribution is 2.39. The first-order chi connectivity index (χ1) is 11.5. The number of nitro groups is 2.